The molecule has 1 unspecified atom stereocenters. The second-order valence-corrected chi connectivity index (χ2v) is 2.46. The fourth-order valence-electron chi connectivity index (χ4n) is 0.324. The van der Waals surface area contributed by atoms with Gasteiger partial charge in [-0.3, -0.25) is 10.0 Å². The van der Waals surface area contributed by atoms with Gasteiger partial charge < -0.3 is 0 Å². The zero-order valence-corrected chi connectivity index (χ0v) is 4.35. The Morgan fingerprint density at radius 2 is 2.57 bits per heavy atom. The number of hydrogen-bond donors (Lipinski definition) is 1. The van der Waals surface area contributed by atoms with Gasteiger partial charge in [0.05, 0.1) is 12.4 Å². The van der Waals surface area contributed by atoms with Crippen LogP contribution in [0, 0.1) is 0 Å². The van der Waals surface area contributed by atoms with Crippen LogP contribution in [0.1, 0.15) is 0 Å². The first-order chi connectivity index (χ1) is 3.30. The summed E-state index contributed by atoms with van der Waals surface area (Å²) >= 11 is 0. The van der Waals surface area contributed by atoms with Gasteiger partial charge in [-0.05, 0) is 0 Å². The summed E-state index contributed by atoms with van der Waals surface area (Å²) in [5.74, 6) is 0.399. The molecule has 4 nitrogen and oxygen atoms in total. The van der Waals surface area contributed by atoms with E-state index in [0.29, 0.717) is 17.0 Å². The largest absolute Gasteiger partial charge is 0.278 e. The molecule has 0 aromatic carbocycles. The Kier molecular flexibility index (Phi) is 1.38. The van der Waals surface area contributed by atoms with Crippen molar-refractivity contribution in [3.05, 3.63) is 0 Å². The van der Waals surface area contributed by atoms with Crippen molar-refractivity contribution >= 4 is 11.0 Å². The predicted molar refractivity (Wildman–Crippen MR) is 22.6 cm³/mol. The van der Waals surface area contributed by atoms with Crippen molar-refractivity contribution in [2.24, 2.45) is 0 Å². The van der Waals surface area contributed by atoms with Crippen molar-refractivity contribution in [2.45, 2.75) is 0 Å². The molecule has 0 saturated carbocycles. The smallest absolute Gasteiger partial charge is 0.148 e. The molecule has 7 heavy (non-hydrogen) atoms. The maximum Gasteiger partial charge on any atom is 0.148 e. The van der Waals surface area contributed by atoms with Gasteiger partial charge in [0, 0.05) is 4.63 Å². The lowest BCUT2D eigenvalue weighted by molar-refractivity contribution is -0.248. The molecule has 0 spiro atoms. The maximum atomic E-state index is 10.2. The highest BCUT2D eigenvalue weighted by molar-refractivity contribution is 7.82. The third-order valence-corrected chi connectivity index (χ3v) is 1.60. The predicted octanol–water partition coefficient (Wildman–Crippen LogP) is -0.713. The molecule has 1 rings (SSSR count). The quantitative estimate of drug-likeness (QED) is 0.462. The Bertz CT molecular complexity index is 94.9. The Morgan fingerprint density at radius 1 is 1.86 bits per heavy atom. The summed E-state index contributed by atoms with van der Waals surface area (Å²) in [6, 6.07) is 0. The number of hydrogen-bond acceptors (Lipinski definition) is 3. The van der Waals surface area contributed by atoms with Gasteiger partial charge >= 0.3 is 0 Å². The molecule has 0 aromatic heterocycles. The fourth-order valence-corrected chi connectivity index (χ4v) is 0.889. The van der Waals surface area contributed by atoms with E-state index in [4.69, 9.17) is 5.21 Å². The van der Waals surface area contributed by atoms with Crippen molar-refractivity contribution in [1.29, 1.82) is 0 Å². The van der Waals surface area contributed by atoms with Crippen molar-refractivity contribution in [3.63, 3.8) is 0 Å². The lowest BCUT2D eigenvalue weighted by atomic mass is 10.9. The van der Waals surface area contributed by atoms with E-state index in [1.54, 1.807) is 0 Å². The van der Waals surface area contributed by atoms with Crippen molar-refractivity contribution in [1.82, 2.24) is 4.63 Å². The Balaban J connectivity index is 2.48. The van der Waals surface area contributed by atoms with Gasteiger partial charge in [0.2, 0.25) is 0 Å². The van der Waals surface area contributed by atoms with Gasteiger partial charge in [-0.15, -0.1) is 0 Å². The molecule has 1 aliphatic heterocycles. The highest BCUT2D eigenvalue weighted by atomic mass is 32.2. The first kappa shape index (κ1) is 5.17. The first-order valence-corrected chi connectivity index (χ1v) is 3.08. The van der Waals surface area contributed by atoms with E-state index in [2.05, 4.69) is 4.84 Å². The molecule has 42 valence electrons. The van der Waals surface area contributed by atoms with Crippen molar-refractivity contribution in [2.75, 3.05) is 12.4 Å². The summed E-state index contributed by atoms with van der Waals surface area (Å²) in [6.07, 6.45) is 0. The van der Waals surface area contributed by atoms with E-state index in [1.807, 2.05) is 0 Å². The van der Waals surface area contributed by atoms with Gasteiger partial charge in [0.15, 0.2) is 0 Å². The molecule has 0 aliphatic carbocycles. The van der Waals surface area contributed by atoms with Crippen LogP contribution in [0.25, 0.3) is 0 Å². The molecular formula is C2H5NO3S. The maximum absolute atomic E-state index is 10.2. The van der Waals surface area contributed by atoms with E-state index >= 15 is 0 Å². The topological polar surface area (TPSA) is 49.8 Å². The molecule has 5 heteroatoms. The van der Waals surface area contributed by atoms with Gasteiger partial charge in [0.1, 0.15) is 11.0 Å². The van der Waals surface area contributed by atoms with Crippen LogP contribution < -0.4 is 0 Å². The van der Waals surface area contributed by atoms with Crippen LogP contribution in [0.5, 0.6) is 0 Å². The molecule has 1 N–H and O–H groups in total. The SMILES string of the molecule is O=S1CCON1O. The zero-order chi connectivity index (χ0) is 5.28. The first-order valence-electron chi connectivity index (χ1n) is 1.81. The molecule has 1 fully saturated rings. The minimum atomic E-state index is -1.30. The molecule has 0 bridgehead atoms. The van der Waals surface area contributed by atoms with E-state index < -0.39 is 11.0 Å². The van der Waals surface area contributed by atoms with Crippen LogP contribution in [0.4, 0.5) is 0 Å². The Hall–Kier alpha value is 0.0300. The summed E-state index contributed by atoms with van der Waals surface area (Å²) in [5.41, 5.74) is 0. The average Bonchev–Trinajstić information content (AvgIpc) is 1.91. The summed E-state index contributed by atoms with van der Waals surface area (Å²) in [5, 5.41) is 8.31. The summed E-state index contributed by atoms with van der Waals surface area (Å²) in [6.45, 7) is 0.350. The molecule has 1 atom stereocenters. The minimum Gasteiger partial charge on any atom is -0.278 e. The molecule has 0 aromatic rings. The number of nitrogens with zero attached hydrogens (tertiary/aromatic N) is 1. The lowest BCUT2D eigenvalue weighted by Gasteiger charge is -1.96. The monoisotopic (exact) mass is 123 g/mol. The second-order valence-electron chi connectivity index (χ2n) is 1.10. The van der Waals surface area contributed by atoms with Gasteiger partial charge in [-0.2, -0.15) is 0 Å². The van der Waals surface area contributed by atoms with Crippen LogP contribution in [-0.4, -0.2) is 26.4 Å². The normalized spacial score (nSPS) is 34.1. The van der Waals surface area contributed by atoms with E-state index in [9.17, 15) is 4.21 Å². The highest BCUT2D eigenvalue weighted by Gasteiger charge is 2.17. The molecular weight excluding hydrogens is 118 g/mol. The van der Waals surface area contributed by atoms with E-state index in [1.165, 1.54) is 0 Å². The van der Waals surface area contributed by atoms with Crippen LogP contribution in [-0.2, 0) is 15.8 Å². The third-order valence-electron chi connectivity index (χ3n) is 0.634. The molecule has 1 saturated heterocycles. The zero-order valence-electron chi connectivity index (χ0n) is 3.53. The van der Waals surface area contributed by atoms with E-state index in [-0.39, 0.29) is 0 Å². The van der Waals surface area contributed by atoms with Crippen LogP contribution in [0.3, 0.4) is 0 Å². The van der Waals surface area contributed by atoms with Crippen molar-refractivity contribution < 1.29 is 14.3 Å². The highest BCUT2D eigenvalue weighted by Crippen LogP contribution is 1.99. The van der Waals surface area contributed by atoms with Gasteiger partial charge in [0.25, 0.3) is 0 Å². The lowest BCUT2D eigenvalue weighted by Crippen LogP contribution is -2.12. The second kappa shape index (κ2) is 1.87. The Labute approximate surface area is 43.2 Å². The standard InChI is InChI=1S/C2H5NO3S/c4-3-6-1-2-7(3)5/h4H,1-2H2. The summed E-state index contributed by atoms with van der Waals surface area (Å²) < 4.78 is 10.6. The average molecular weight is 123 g/mol. The van der Waals surface area contributed by atoms with Gasteiger partial charge in [-0.25, -0.2) is 4.21 Å². The van der Waals surface area contributed by atoms with Crippen LogP contribution >= 0.6 is 0 Å². The minimum absolute atomic E-state index is 0.350. The van der Waals surface area contributed by atoms with Crippen LogP contribution in [0.2, 0.25) is 0 Å². The Morgan fingerprint density at radius 3 is 2.71 bits per heavy atom. The molecule has 1 aliphatic rings. The number of rotatable bonds is 0. The molecule has 0 amide bonds. The summed E-state index contributed by atoms with van der Waals surface area (Å²) in [4.78, 5) is 4.35. The molecule has 0 radical (unpaired) electrons. The van der Waals surface area contributed by atoms with E-state index in [0.717, 1.165) is 0 Å². The van der Waals surface area contributed by atoms with Gasteiger partial charge in [-0.1, -0.05) is 0 Å². The van der Waals surface area contributed by atoms with Crippen molar-refractivity contribution in [3.8, 4) is 0 Å². The third kappa shape index (κ3) is 0.973. The summed E-state index contributed by atoms with van der Waals surface area (Å²) in [7, 11) is -1.30. The molecule has 1 heterocycles. The fraction of sp³-hybridized carbons (Fsp3) is 1.00. The van der Waals surface area contributed by atoms with Crippen LogP contribution in [0.15, 0.2) is 0 Å².